The van der Waals surface area contributed by atoms with Crippen LogP contribution in [0.15, 0.2) is 30.6 Å². The van der Waals surface area contributed by atoms with E-state index in [1.807, 2.05) is 12.1 Å². The van der Waals surface area contributed by atoms with Gasteiger partial charge in [0.1, 0.15) is 0 Å². The molecule has 1 N–H and O–H groups in total. The van der Waals surface area contributed by atoms with Crippen molar-refractivity contribution < 1.29 is 13.2 Å². The van der Waals surface area contributed by atoms with Crippen molar-refractivity contribution in [2.24, 2.45) is 0 Å². The van der Waals surface area contributed by atoms with Crippen molar-refractivity contribution in [3.63, 3.8) is 0 Å². The van der Waals surface area contributed by atoms with Gasteiger partial charge < -0.3 is 10.2 Å². The molecule has 30 heavy (non-hydrogen) atoms. The van der Waals surface area contributed by atoms with Gasteiger partial charge in [-0.2, -0.15) is 4.31 Å². The highest BCUT2D eigenvalue weighted by Gasteiger charge is 2.57. The maximum absolute atomic E-state index is 12.9. The molecule has 1 unspecified atom stereocenters. The maximum atomic E-state index is 12.9. The first-order valence-corrected chi connectivity index (χ1v) is 12.1. The fourth-order valence-corrected chi connectivity index (χ4v) is 5.71. The van der Waals surface area contributed by atoms with Gasteiger partial charge in [0.2, 0.25) is 16.0 Å². The average molecular weight is 448 g/mol. The van der Waals surface area contributed by atoms with Crippen LogP contribution in [0.25, 0.3) is 0 Å². The van der Waals surface area contributed by atoms with Gasteiger partial charge in [-0.3, -0.25) is 4.79 Å². The first-order valence-electron chi connectivity index (χ1n) is 9.87. The minimum atomic E-state index is -3.21. The standard InChI is InChI=1S/C20H22ClN5O3S/c1-30(28,29)25-11-20(12-25)4-5-26(20)18(27)15-9-22-19(23-10-15)24-17-7-13-2-3-16(21)6-14(13)8-17/h2-3,6,9-10,17H,4-5,7-8,11-12H2,1H3,(H,22,23,24). The summed E-state index contributed by atoms with van der Waals surface area (Å²) in [6.45, 7) is 1.36. The molecule has 1 atom stereocenters. The quantitative estimate of drug-likeness (QED) is 0.764. The van der Waals surface area contributed by atoms with Crippen LogP contribution >= 0.6 is 11.6 Å². The van der Waals surface area contributed by atoms with E-state index in [2.05, 4.69) is 21.4 Å². The average Bonchev–Trinajstić information content (AvgIpc) is 3.00. The summed E-state index contributed by atoms with van der Waals surface area (Å²) in [5.74, 6) is 0.338. The van der Waals surface area contributed by atoms with Crippen LogP contribution in [0.5, 0.6) is 0 Å². The monoisotopic (exact) mass is 447 g/mol. The third-order valence-corrected chi connectivity index (χ3v) is 7.79. The fraction of sp³-hybridized carbons (Fsp3) is 0.450. The minimum absolute atomic E-state index is 0.149. The van der Waals surface area contributed by atoms with E-state index >= 15 is 0 Å². The molecule has 10 heteroatoms. The highest BCUT2D eigenvalue weighted by molar-refractivity contribution is 7.88. The number of fused-ring (bicyclic) bond motifs is 1. The van der Waals surface area contributed by atoms with Crippen molar-refractivity contribution >= 4 is 33.5 Å². The van der Waals surface area contributed by atoms with Crippen molar-refractivity contribution in [2.75, 3.05) is 31.2 Å². The molecule has 1 spiro atoms. The summed E-state index contributed by atoms with van der Waals surface area (Å²) < 4.78 is 24.7. The van der Waals surface area contributed by atoms with Crippen molar-refractivity contribution in [3.8, 4) is 0 Å². The summed E-state index contributed by atoms with van der Waals surface area (Å²) in [6, 6.07) is 6.14. The zero-order valence-corrected chi connectivity index (χ0v) is 18.1. The van der Waals surface area contributed by atoms with E-state index in [0.29, 0.717) is 31.1 Å². The van der Waals surface area contributed by atoms with E-state index < -0.39 is 10.0 Å². The largest absolute Gasteiger partial charge is 0.351 e. The maximum Gasteiger partial charge on any atom is 0.257 e. The lowest BCUT2D eigenvalue weighted by Crippen LogP contribution is -2.78. The van der Waals surface area contributed by atoms with E-state index in [9.17, 15) is 13.2 Å². The third-order valence-electron chi connectivity index (χ3n) is 6.36. The Labute approximate surface area is 180 Å². The number of sulfonamides is 1. The van der Waals surface area contributed by atoms with Gasteiger partial charge in [0, 0.05) is 43.1 Å². The highest BCUT2D eigenvalue weighted by atomic mass is 35.5. The smallest absolute Gasteiger partial charge is 0.257 e. The summed E-state index contributed by atoms with van der Waals surface area (Å²) in [6.07, 6.45) is 6.82. The van der Waals surface area contributed by atoms with Gasteiger partial charge in [-0.15, -0.1) is 0 Å². The topological polar surface area (TPSA) is 95.5 Å². The molecule has 158 valence electrons. The first-order chi connectivity index (χ1) is 14.2. The number of carbonyl (C=O) groups is 1. The predicted molar refractivity (Wildman–Crippen MR) is 113 cm³/mol. The molecule has 1 aromatic heterocycles. The lowest BCUT2D eigenvalue weighted by atomic mass is 9.78. The molecule has 1 amide bonds. The Morgan fingerprint density at radius 2 is 1.90 bits per heavy atom. The Balaban J connectivity index is 1.21. The van der Waals surface area contributed by atoms with Crippen LogP contribution in [0.2, 0.25) is 5.02 Å². The number of amides is 1. The molecule has 0 bridgehead atoms. The molecule has 0 radical (unpaired) electrons. The van der Waals surface area contributed by atoms with Gasteiger partial charge in [-0.25, -0.2) is 18.4 Å². The molecule has 5 rings (SSSR count). The minimum Gasteiger partial charge on any atom is -0.351 e. The zero-order valence-electron chi connectivity index (χ0n) is 16.5. The lowest BCUT2D eigenvalue weighted by molar-refractivity contribution is -0.0674. The summed E-state index contributed by atoms with van der Waals surface area (Å²) >= 11 is 6.07. The number of nitrogens with zero attached hydrogens (tertiary/aromatic N) is 4. The van der Waals surface area contributed by atoms with Crippen LogP contribution < -0.4 is 5.32 Å². The number of anilines is 1. The normalized spacial score (nSPS) is 22.3. The molecule has 8 nitrogen and oxygen atoms in total. The number of carbonyl (C=O) groups excluding carboxylic acids is 1. The SMILES string of the molecule is CS(=O)(=O)N1CC2(CCN2C(=O)c2cnc(NC3Cc4ccc(Cl)cc4C3)nc2)C1. The van der Waals surface area contributed by atoms with Crippen LogP contribution in [-0.4, -0.2) is 71.0 Å². The number of rotatable bonds is 4. The third kappa shape index (κ3) is 3.34. The Kier molecular flexibility index (Phi) is 4.53. The lowest BCUT2D eigenvalue weighted by Gasteiger charge is -2.61. The van der Waals surface area contributed by atoms with Crippen LogP contribution in [0.1, 0.15) is 27.9 Å². The second-order valence-electron chi connectivity index (χ2n) is 8.42. The molecule has 2 fully saturated rings. The van der Waals surface area contributed by atoms with Gasteiger partial charge in [-0.1, -0.05) is 17.7 Å². The molecule has 3 heterocycles. The summed E-state index contributed by atoms with van der Waals surface area (Å²) in [7, 11) is -3.21. The highest BCUT2D eigenvalue weighted by Crippen LogP contribution is 2.41. The molecular formula is C20H22ClN5O3S. The Morgan fingerprint density at radius 1 is 1.20 bits per heavy atom. The number of likely N-dealkylation sites (tertiary alicyclic amines) is 1. The van der Waals surface area contributed by atoms with Crippen molar-refractivity contribution in [3.05, 3.63) is 52.3 Å². The number of hydrogen-bond acceptors (Lipinski definition) is 6. The van der Waals surface area contributed by atoms with Crippen molar-refractivity contribution in [1.29, 1.82) is 0 Å². The van der Waals surface area contributed by atoms with Gasteiger partial charge in [0.25, 0.3) is 5.91 Å². The number of aromatic nitrogens is 2. The van der Waals surface area contributed by atoms with Gasteiger partial charge in [-0.05, 0) is 42.5 Å². The van der Waals surface area contributed by atoms with Crippen LogP contribution in [-0.2, 0) is 22.9 Å². The van der Waals surface area contributed by atoms with Gasteiger partial charge >= 0.3 is 0 Å². The predicted octanol–water partition coefficient (Wildman–Crippen LogP) is 1.57. The molecular weight excluding hydrogens is 426 g/mol. The van der Waals surface area contributed by atoms with E-state index in [4.69, 9.17) is 11.6 Å². The summed E-state index contributed by atoms with van der Waals surface area (Å²) in [5.41, 5.74) is 2.56. The Hall–Kier alpha value is -2.23. The van der Waals surface area contributed by atoms with E-state index in [1.54, 1.807) is 4.90 Å². The first kappa shape index (κ1) is 19.7. The van der Waals surface area contributed by atoms with Crippen molar-refractivity contribution in [1.82, 2.24) is 19.2 Å². The molecule has 0 saturated carbocycles. The number of nitrogens with one attached hydrogen (secondary N) is 1. The van der Waals surface area contributed by atoms with E-state index in [1.165, 1.54) is 34.1 Å². The molecule has 1 aliphatic carbocycles. The van der Waals surface area contributed by atoms with Crippen LogP contribution in [0.3, 0.4) is 0 Å². The Morgan fingerprint density at radius 3 is 2.53 bits per heavy atom. The second kappa shape index (κ2) is 6.90. The van der Waals surface area contributed by atoms with E-state index in [0.717, 1.165) is 24.3 Å². The van der Waals surface area contributed by atoms with Gasteiger partial charge in [0.15, 0.2) is 0 Å². The number of benzene rings is 1. The Bertz CT molecular complexity index is 1120. The number of halogens is 1. The molecule has 3 aliphatic rings. The molecule has 1 aromatic carbocycles. The van der Waals surface area contributed by atoms with Crippen LogP contribution in [0, 0.1) is 0 Å². The molecule has 2 saturated heterocycles. The second-order valence-corrected chi connectivity index (χ2v) is 10.8. The summed E-state index contributed by atoms with van der Waals surface area (Å²) in [4.78, 5) is 23.3. The molecule has 2 aromatic rings. The molecule has 2 aliphatic heterocycles. The van der Waals surface area contributed by atoms with Gasteiger partial charge in [0.05, 0.1) is 17.4 Å². The van der Waals surface area contributed by atoms with Crippen LogP contribution in [0.4, 0.5) is 5.95 Å². The fourth-order valence-electron chi connectivity index (χ4n) is 4.57. The zero-order chi connectivity index (χ0) is 21.1. The van der Waals surface area contributed by atoms with E-state index in [-0.39, 0.29) is 17.5 Å². The number of hydrogen-bond donors (Lipinski definition) is 1. The summed E-state index contributed by atoms with van der Waals surface area (Å²) in [5, 5.41) is 4.07. The van der Waals surface area contributed by atoms with Crippen molar-refractivity contribution in [2.45, 2.75) is 30.8 Å².